The van der Waals surface area contributed by atoms with E-state index in [9.17, 15) is 14.4 Å². The first-order valence-electron chi connectivity index (χ1n) is 6.40. The van der Waals surface area contributed by atoms with E-state index in [1.165, 1.54) is 23.9 Å². The summed E-state index contributed by atoms with van der Waals surface area (Å²) in [6.07, 6.45) is 1.49. The number of hydrogen-bond donors (Lipinski definition) is 1. The Kier molecular flexibility index (Phi) is 3.30. The first kappa shape index (κ1) is 13.7. The molecule has 2 aromatic heterocycles. The molecule has 0 saturated carbocycles. The molecule has 3 aromatic rings. The highest BCUT2D eigenvalue weighted by atomic mass is 16.5. The minimum absolute atomic E-state index is 0.221. The van der Waals surface area contributed by atoms with Gasteiger partial charge >= 0.3 is 11.7 Å². The fourth-order valence-electron chi connectivity index (χ4n) is 2.20. The van der Waals surface area contributed by atoms with Crippen LogP contribution in [0.25, 0.3) is 16.7 Å². The maximum Gasteiger partial charge on any atom is 0.337 e. The zero-order valence-corrected chi connectivity index (χ0v) is 11.6. The van der Waals surface area contributed by atoms with Crippen molar-refractivity contribution in [3.63, 3.8) is 0 Å². The Morgan fingerprint density at radius 2 is 2.05 bits per heavy atom. The van der Waals surface area contributed by atoms with Crippen LogP contribution in [0.5, 0.6) is 0 Å². The molecule has 0 aliphatic heterocycles. The van der Waals surface area contributed by atoms with Gasteiger partial charge in [0.15, 0.2) is 5.65 Å². The van der Waals surface area contributed by atoms with Crippen molar-refractivity contribution in [1.82, 2.24) is 14.5 Å². The highest BCUT2D eigenvalue weighted by molar-refractivity contribution is 5.90. The average molecular weight is 297 g/mol. The number of pyridine rings is 1. The fraction of sp³-hybridized carbons (Fsp3) is 0.0667. The number of carbonyl (C=O) groups excluding carboxylic acids is 1. The van der Waals surface area contributed by atoms with E-state index in [0.717, 1.165) is 0 Å². The smallest absolute Gasteiger partial charge is 0.337 e. The molecule has 110 valence electrons. The zero-order chi connectivity index (χ0) is 15.7. The summed E-state index contributed by atoms with van der Waals surface area (Å²) in [6, 6.07) is 9.51. The van der Waals surface area contributed by atoms with Gasteiger partial charge in [-0.2, -0.15) is 0 Å². The number of ether oxygens (including phenoxy) is 1. The molecule has 0 spiro atoms. The maximum atomic E-state index is 12.2. The van der Waals surface area contributed by atoms with E-state index in [1.807, 2.05) is 0 Å². The minimum atomic E-state index is -0.627. The standard InChI is InChI=1S/C15H11N3O4/c1-22-14(20)9-4-2-5-10(8-9)18-12-11(6-3-7-16-12)13(19)17-15(18)21/h2-8H,1H3,(H,17,19,21). The first-order valence-corrected chi connectivity index (χ1v) is 6.40. The lowest BCUT2D eigenvalue weighted by molar-refractivity contribution is 0.0600. The Bertz CT molecular complexity index is 988. The quantitative estimate of drug-likeness (QED) is 0.708. The van der Waals surface area contributed by atoms with Crippen LogP contribution in [0, 0.1) is 0 Å². The molecule has 2 heterocycles. The van der Waals surface area contributed by atoms with Crippen LogP contribution in [0.3, 0.4) is 0 Å². The van der Waals surface area contributed by atoms with Gasteiger partial charge in [0.25, 0.3) is 5.56 Å². The van der Waals surface area contributed by atoms with Crippen LogP contribution in [0.4, 0.5) is 0 Å². The molecule has 22 heavy (non-hydrogen) atoms. The Balaban J connectivity index is 2.34. The summed E-state index contributed by atoms with van der Waals surface area (Å²) in [5, 5.41) is 0.283. The Labute approximate surface area is 123 Å². The number of aromatic nitrogens is 3. The van der Waals surface area contributed by atoms with Gasteiger partial charge in [-0.1, -0.05) is 6.07 Å². The van der Waals surface area contributed by atoms with E-state index in [0.29, 0.717) is 11.3 Å². The molecule has 7 nitrogen and oxygen atoms in total. The van der Waals surface area contributed by atoms with Crippen LogP contribution < -0.4 is 11.2 Å². The number of H-pyrrole nitrogens is 1. The van der Waals surface area contributed by atoms with Gasteiger partial charge in [-0.25, -0.2) is 19.1 Å². The Hall–Kier alpha value is -3.22. The average Bonchev–Trinajstić information content (AvgIpc) is 2.54. The van der Waals surface area contributed by atoms with Crippen LogP contribution in [-0.4, -0.2) is 27.6 Å². The normalized spacial score (nSPS) is 10.6. The van der Waals surface area contributed by atoms with Crippen molar-refractivity contribution in [2.45, 2.75) is 0 Å². The fourth-order valence-corrected chi connectivity index (χ4v) is 2.20. The lowest BCUT2D eigenvalue weighted by Gasteiger charge is -2.09. The number of hydrogen-bond acceptors (Lipinski definition) is 5. The topological polar surface area (TPSA) is 94.0 Å². The van der Waals surface area contributed by atoms with Crippen molar-refractivity contribution in [3.05, 3.63) is 69.0 Å². The number of carbonyl (C=O) groups is 1. The molecule has 0 radical (unpaired) electrons. The predicted molar refractivity (Wildman–Crippen MR) is 79.3 cm³/mol. The van der Waals surface area contributed by atoms with Crippen molar-refractivity contribution in [1.29, 1.82) is 0 Å². The summed E-state index contributed by atoms with van der Waals surface area (Å²) in [4.78, 5) is 41.9. The van der Waals surface area contributed by atoms with E-state index in [1.54, 1.807) is 30.3 Å². The number of benzene rings is 1. The number of fused-ring (bicyclic) bond motifs is 1. The van der Waals surface area contributed by atoms with Gasteiger partial charge < -0.3 is 4.74 Å². The molecular weight excluding hydrogens is 286 g/mol. The third-order valence-corrected chi connectivity index (χ3v) is 3.19. The van der Waals surface area contributed by atoms with Crippen molar-refractivity contribution >= 4 is 17.0 Å². The third-order valence-electron chi connectivity index (χ3n) is 3.19. The number of nitrogens with one attached hydrogen (secondary N) is 1. The number of methoxy groups -OCH3 is 1. The van der Waals surface area contributed by atoms with E-state index in [-0.39, 0.29) is 11.0 Å². The molecule has 0 atom stereocenters. The van der Waals surface area contributed by atoms with Crippen molar-refractivity contribution in [3.8, 4) is 5.69 Å². The lowest BCUT2D eigenvalue weighted by atomic mass is 10.2. The van der Waals surface area contributed by atoms with Crippen molar-refractivity contribution < 1.29 is 9.53 Å². The second kappa shape index (κ2) is 5.28. The van der Waals surface area contributed by atoms with E-state index >= 15 is 0 Å². The molecule has 0 aliphatic rings. The highest BCUT2D eigenvalue weighted by Crippen LogP contribution is 2.13. The van der Waals surface area contributed by atoms with Crippen LogP contribution in [-0.2, 0) is 4.74 Å². The first-order chi connectivity index (χ1) is 10.6. The second-order valence-corrected chi connectivity index (χ2v) is 4.51. The van der Waals surface area contributed by atoms with E-state index in [4.69, 9.17) is 0 Å². The van der Waals surface area contributed by atoms with Crippen molar-refractivity contribution in [2.75, 3.05) is 7.11 Å². The highest BCUT2D eigenvalue weighted by Gasteiger charge is 2.12. The number of nitrogens with zero attached hydrogens (tertiary/aromatic N) is 2. The molecule has 1 N–H and O–H groups in total. The molecule has 1 aromatic carbocycles. The second-order valence-electron chi connectivity index (χ2n) is 4.51. The van der Waals surface area contributed by atoms with Crippen LogP contribution in [0.15, 0.2) is 52.2 Å². The monoisotopic (exact) mass is 297 g/mol. The van der Waals surface area contributed by atoms with E-state index in [2.05, 4.69) is 14.7 Å². The van der Waals surface area contributed by atoms with Crippen molar-refractivity contribution in [2.24, 2.45) is 0 Å². The van der Waals surface area contributed by atoms with Gasteiger partial charge in [0.1, 0.15) is 0 Å². The zero-order valence-electron chi connectivity index (χ0n) is 11.6. The van der Waals surface area contributed by atoms with Crippen LogP contribution >= 0.6 is 0 Å². The predicted octanol–water partition coefficient (Wildman–Crippen LogP) is 0.861. The number of rotatable bonds is 2. The largest absolute Gasteiger partial charge is 0.465 e. The van der Waals surface area contributed by atoms with Gasteiger partial charge in [0.05, 0.1) is 23.7 Å². The molecule has 3 rings (SSSR count). The molecule has 0 fully saturated rings. The molecule has 0 aliphatic carbocycles. The Morgan fingerprint density at radius 1 is 1.23 bits per heavy atom. The number of aromatic amines is 1. The molecule has 0 unspecified atom stereocenters. The van der Waals surface area contributed by atoms with Gasteiger partial charge in [0, 0.05) is 6.20 Å². The number of esters is 1. The molecule has 7 heteroatoms. The van der Waals surface area contributed by atoms with E-state index < -0.39 is 17.2 Å². The molecule has 0 bridgehead atoms. The summed E-state index contributed by atoms with van der Waals surface area (Å²) in [6.45, 7) is 0. The van der Waals surface area contributed by atoms with Gasteiger partial charge in [0.2, 0.25) is 0 Å². The summed E-state index contributed by atoms with van der Waals surface area (Å²) < 4.78 is 5.90. The third kappa shape index (κ3) is 2.18. The summed E-state index contributed by atoms with van der Waals surface area (Å²) in [5.74, 6) is -0.517. The van der Waals surface area contributed by atoms with Gasteiger partial charge in [-0.05, 0) is 30.3 Å². The van der Waals surface area contributed by atoms with Gasteiger partial charge in [-0.3, -0.25) is 9.78 Å². The molecule has 0 amide bonds. The minimum Gasteiger partial charge on any atom is -0.465 e. The van der Waals surface area contributed by atoms with Gasteiger partial charge in [-0.15, -0.1) is 0 Å². The molecule has 0 saturated heterocycles. The SMILES string of the molecule is COC(=O)c1cccc(-n2c(=O)[nH]c(=O)c3cccnc32)c1. The van der Waals surface area contributed by atoms with Crippen LogP contribution in [0.2, 0.25) is 0 Å². The molecular formula is C15H11N3O4. The Morgan fingerprint density at radius 3 is 2.82 bits per heavy atom. The summed E-state index contributed by atoms with van der Waals surface area (Å²) >= 11 is 0. The summed E-state index contributed by atoms with van der Waals surface area (Å²) in [7, 11) is 1.28. The van der Waals surface area contributed by atoms with Crippen LogP contribution in [0.1, 0.15) is 10.4 Å². The lowest BCUT2D eigenvalue weighted by Crippen LogP contribution is -2.29. The summed E-state index contributed by atoms with van der Waals surface area (Å²) in [5.41, 5.74) is -0.208. The maximum absolute atomic E-state index is 12.2.